The number of benzene rings is 1. The summed E-state index contributed by atoms with van der Waals surface area (Å²) < 4.78 is 1.96. The van der Waals surface area contributed by atoms with Gasteiger partial charge in [0.05, 0.1) is 5.52 Å². The molecule has 0 aliphatic heterocycles. The molecule has 0 atom stereocenters. The van der Waals surface area contributed by atoms with E-state index in [9.17, 15) is 4.79 Å². The van der Waals surface area contributed by atoms with Crippen LogP contribution >= 0.6 is 15.9 Å². The van der Waals surface area contributed by atoms with Gasteiger partial charge in [0.1, 0.15) is 0 Å². The highest BCUT2D eigenvalue weighted by Gasteiger charge is 2.28. The van der Waals surface area contributed by atoms with Gasteiger partial charge >= 0.3 is 0 Å². The molecule has 0 saturated heterocycles. The van der Waals surface area contributed by atoms with Gasteiger partial charge in [0.2, 0.25) is 0 Å². The molecule has 114 valence electrons. The lowest BCUT2D eigenvalue weighted by Crippen LogP contribution is -2.33. The first-order chi connectivity index (χ1) is 10.2. The molecule has 0 radical (unpaired) electrons. The molecule has 0 spiro atoms. The number of hydrogen-bond donors (Lipinski definition) is 0. The molecule has 0 aliphatic rings. The predicted molar refractivity (Wildman–Crippen MR) is 94.3 cm³/mol. The maximum absolute atomic E-state index is 12.4. The lowest BCUT2D eigenvalue weighted by Gasteiger charge is -2.33. The molecular weight excluding hydrogens is 326 g/mol. The van der Waals surface area contributed by atoms with Gasteiger partial charge in [-0.1, -0.05) is 60.8 Å². The zero-order valence-electron chi connectivity index (χ0n) is 12.9. The van der Waals surface area contributed by atoms with Gasteiger partial charge in [0.15, 0.2) is 0 Å². The van der Waals surface area contributed by atoms with Crippen LogP contribution in [0.1, 0.15) is 39.5 Å². The van der Waals surface area contributed by atoms with E-state index in [1.807, 2.05) is 28.8 Å². The van der Waals surface area contributed by atoms with Crippen molar-refractivity contribution < 1.29 is 0 Å². The number of fused-ring (bicyclic) bond motifs is 1. The fourth-order valence-corrected chi connectivity index (χ4v) is 4.00. The van der Waals surface area contributed by atoms with Gasteiger partial charge in [-0.2, -0.15) is 0 Å². The Balaban J connectivity index is 2.49. The van der Waals surface area contributed by atoms with Crippen molar-refractivity contribution in [1.29, 1.82) is 0 Å². The Labute approximate surface area is 135 Å². The van der Waals surface area contributed by atoms with Crippen molar-refractivity contribution in [2.75, 3.05) is 5.33 Å². The van der Waals surface area contributed by atoms with E-state index in [0.29, 0.717) is 0 Å². The minimum atomic E-state index is 0.103. The number of hydrogen-bond acceptors (Lipinski definition) is 1. The lowest BCUT2D eigenvalue weighted by molar-refractivity contribution is 0.233. The second-order valence-electron chi connectivity index (χ2n) is 5.95. The maximum Gasteiger partial charge on any atom is 0.251 e. The summed E-state index contributed by atoms with van der Waals surface area (Å²) >= 11 is 3.71. The molecule has 0 aliphatic carbocycles. The van der Waals surface area contributed by atoms with Crippen LogP contribution < -0.4 is 5.56 Å². The Hall–Kier alpha value is -1.09. The van der Waals surface area contributed by atoms with E-state index in [-0.39, 0.29) is 11.0 Å². The highest BCUT2D eigenvalue weighted by atomic mass is 79.9. The second kappa shape index (κ2) is 7.26. The number of nitrogens with zero attached hydrogens (tertiary/aromatic N) is 1. The first-order valence-electron chi connectivity index (χ1n) is 7.80. The van der Waals surface area contributed by atoms with Crippen LogP contribution in [0.25, 0.3) is 10.9 Å². The second-order valence-corrected chi connectivity index (χ2v) is 6.51. The van der Waals surface area contributed by atoms with Gasteiger partial charge in [-0.15, -0.1) is 0 Å². The van der Waals surface area contributed by atoms with Gasteiger partial charge in [-0.25, -0.2) is 0 Å². The molecule has 3 heteroatoms. The van der Waals surface area contributed by atoms with Crippen LogP contribution in [-0.4, -0.2) is 9.90 Å². The monoisotopic (exact) mass is 349 g/mol. The molecule has 1 aromatic heterocycles. The van der Waals surface area contributed by atoms with Crippen LogP contribution in [-0.2, 0) is 6.54 Å². The van der Waals surface area contributed by atoms with Crippen LogP contribution in [0.15, 0.2) is 41.2 Å². The number of aromatic nitrogens is 1. The molecule has 0 N–H and O–H groups in total. The predicted octanol–water partition coefficient (Wildman–Crippen LogP) is 4.98. The fourth-order valence-electron chi connectivity index (χ4n) is 3.26. The molecule has 2 rings (SSSR count). The van der Waals surface area contributed by atoms with Gasteiger partial charge in [-0.05, 0) is 35.8 Å². The molecule has 0 saturated carbocycles. The van der Waals surface area contributed by atoms with Crippen molar-refractivity contribution in [1.82, 2.24) is 4.57 Å². The molecule has 21 heavy (non-hydrogen) atoms. The van der Waals surface area contributed by atoms with E-state index < -0.39 is 0 Å². The summed E-state index contributed by atoms with van der Waals surface area (Å²) in [6.07, 6.45) is 4.57. The van der Waals surface area contributed by atoms with Crippen molar-refractivity contribution in [3.63, 3.8) is 0 Å². The highest BCUT2D eigenvalue weighted by Crippen LogP contribution is 2.34. The highest BCUT2D eigenvalue weighted by molar-refractivity contribution is 9.09. The first kappa shape index (κ1) is 16.3. The summed E-state index contributed by atoms with van der Waals surface area (Å²) in [6.45, 7) is 5.23. The smallest absolute Gasteiger partial charge is 0.251 e. The molecule has 1 aromatic carbocycles. The van der Waals surface area contributed by atoms with Gasteiger partial charge in [0, 0.05) is 17.9 Å². The zero-order chi connectivity index (χ0) is 15.3. The van der Waals surface area contributed by atoms with E-state index in [1.54, 1.807) is 6.07 Å². The summed E-state index contributed by atoms with van der Waals surface area (Å²) in [4.78, 5) is 12.4. The topological polar surface area (TPSA) is 22.0 Å². The van der Waals surface area contributed by atoms with E-state index in [1.165, 1.54) is 0 Å². The van der Waals surface area contributed by atoms with E-state index in [4.69, 9.17) is 0 Å². The number of alkyl halides is 1. The van der Waals surface area contributed by atoms with Crippen LogP contribution in [0.5, 0.6) is 0 Å². The number of para-hydroxylation sites is 1. The van der Waals surface area contributed by atoms with Crippen LogP contribution in [0.2, 0.25) is 0 Å². The third kappa shape index (κ3) is 3.57. The quantitative estimate of drug-likeness (QED) is 0.645. The maximum atomic E-state index is 12.4. The third-order valence-electron chi connectivity index (χ3n) is 4.24. The number of rotatable bonds is 7. The Kier molecular flexibility index (Phi) is 5.63. The molecule has 2 nitrogen and oxygen atoms in total. The molecular formula is C18H24BrNO. The Morgan fingerprint density at radius 1 is 1.05 bits per heavy atom. The standard InChI is InChI=1S/C18H24BrNO/c1-3-11-18(13-19,12-4-2)14-20-16-8-6-5-7-15(16)9-10-17(20)21/h5-10H,3-4,11-14H2,1-2H3. The van der Waals surface area contributed by atoms with Crippen LogP contribution in [0.4, 0.5) is 0 Å². The summed E-state index contributed by atoms with van der Waals surface area (Å²) in [5.74, 6) is 0. The van der Waals surface area contributed by atoms with Crippen LogP contribution in [0.3, 0.4) is 0 Å². The molecule has 0 amide bonds. The Morgan fingerprint density at radius 2 is 1.71 bits per heavy atom. The summed E-state index contributed by atoms with van der Waals surface area (Å²) in [5.41, 5.74) is 1.31. The normalized spacial score (nSPS) is 12.0. The van der Waals surface area contributed by atoms with E-state index in [0.717, 1.165) is 48.5 Å². The molecule has 0 unspecified atom stereocenters. The largest absolute Gasteiger partial charge is 0.308 e. The summed E-state index contributed by atoms with van der Waals surface area (Å²) in [6, 6.07) is 11.8. The van der Waals surface area contributed by atoms with Crippen molar-refractivity contribution in [3.05, 3.63) is 46.8 Å². The molecule has 2 aromatic rings. The number of halogens is 1. The van der Waals surface area contributed by atoms with E-state index >= 15 is 0 Å². The summed E-state index contributed by atoms with van der Waals surface area (Å²) in [7, 11) is 0. The Morgan fingerprint density at radius 3 is 2.33 bits per heavy atom. The van der Waals surface area contributed by atoms with E-state index in [2.05, 4.69) is 35.8 Å². The van der Waals surface area contributed by atoms with Crippen molar-refractivity contribution in [2.45, 2.75) is 46.1 Å². The molecule has 0 fully saturated rings. The van der Waals surface area contributed by atoms with Crippen molar-refractivity contribution in [2.24, 2.45) is 5.41 Å². The number of pyridine rings is 1. The summed E-state index contributed by atoms with van der Waals surface area (Å²) in [5, 5.41) is 2.07. The van der Waals surface area contributed by atoms with Gasteiger partial charge < -0.3 is 4.57 Å². The molecule has 1 heterocycles. The molecule has 0 bridgehead atoms. The SMILES string of the molecule is CCCC(CBr)(CCC)Cn1c(=O)ccc2ccccc21. The van der Waals surface area contributed by atoms with Crippen LogP contribution in [0, 0.1) is 5.41 Å². The van der Waals surface area contributed by atoms with Crippen molar-refractivity contribution in [3.8, 4) is 0 Å². The average Bonchev–Trinajstić information content (AvgIpc) is 2.50. The van der Waals surface area contributed by atoms with Gasteiger partial charge in [-0.3, -0.25) is 4.79 Å². The van der Waals surface area contributed by atoms with Crippen molar-refractivity contribution >= 4 is 26.8 Å². The minimum Gasteiger partial charge on any atom is -0.308 e. The zero-order valence-corrected chi connectivity index (χ0v) is 14.5. The lowest BCUT2D eigenvalue weighted by atomic mass is 9.81. The first-order valence-corrected chi connectivity index (χ1v) is 8.92. The minimum absolute atomic E-state index is 0.103. The fraction of sp³-hybridized carbons (Fsp3) is 0.500. The van der Waals surface area contributed by atoms with Gasteiger partial charge in [0.25, 0.3) is 5.56 Å². The Bertz CT molecular complexity index is 641. The average molecular weight is 350 g/mol. The third-order valence-corrected chi connectivity index (χ3v) is 5.43.